The van der Waals surface area contributed by atoms with Crippen LogP contribution in [0, 0.1) is 0 Å². The maximum absolute atomic E-state index is 9.50. The van der Waals surface area contributed by atoms with E-state index in [0.29, 0.717) is 31.7 Å². The molecule has 2 rings (SSSR count). The van der Waals surface area contributed by atoms with Crippen molar-refractivity contribution in [3.8, 4) is 0 Å². The Labute approximate surface area is 120 Å². The van der Waals surface area contributed by atoms with Crippen molar-refractivity contribution < 1.29 is 20.4 Å². The van der Waals surface area contributed by atoms with Gasteiger partial charge in [-0.25, -0.2) is 0 Å². The van der Waals surface area contributed by atoms with Gasteiger partial charge in [-0.2, -0.15) is 0 Å². The number of hydrogen-bond acceptors (Lipinski definition) is 6. The Bertz CT molecular complexity index is 285. The van der Waals surface area contributed by atoms with Gasteiger partial charge in [-0.15, -0.1) is 0 Å². The monoisotopic (exact) mass is 288 g/mol. The molecule has 2 aliphatic carbocycles. The van der Waals surface area contributed by atoms with Gasteiger partial charge in [0.25, 0.3) is 0 Å². The van der Waals surface area contributed by atoms with Crippen LogP contribution >= 0.6 is 0 Å². The van der Waals surface area contributed by atoms with Gasteiger partial charge in [-0.3, -0.25) is 0 Å². The third-order valence-electron chi connectivity index (χ3n) is 4.52. The molecule has 0 saturated heterocycles. The van der Waals surface area contributed by atoms with Crippen LogP contribution in [-0.2, 0) is 0 Å². The third-order valence-corrected chi connectivity index (χ3v) is 4.52. The van der Waals surface area contributed by atoms with Crippen molar-refractivity contribution in [2.45, 2.75) is 81.6 Å². The van der Waals surface area contributed by atoms with E-state index in [9.17, 15) is 20.4 Å². The van der Waals surface area contributed by atoms with Gasteiger partial charge in [0.05, 0.1) is 24.4 Å². The molecule has 0 amide bonds. The first kappa shape index (κ1) is 16.1. The molecule has 0 heterocycles. The highest BCUT2D eigenvalue weighted by molar-refractivity contribution is 4.89. The average Bonchev–Trinajstić information content (AvgIpc) is 2.83. The predicted molar refractivity (Wildman–Crippen MR) is 75.3 cm³/mol. The smallest absolute Gasteiger partial charge is 0.0814 e. The lowest BCUT2D eigenvalue weighted by Crippen LogP contribution is -2.38. The van der Waals surface area contributed by atoms with Gasteiger partial charge in [0, 0.05) is 18.1 Å². The summed E-state index contributed by atoms with van der Waals surface area (Å²) in [5.41, 5.74) is 0. The third kappa shape index (κ3) is 4.38. The molecule has 20 heavy (non-hydrogen) atoms. The molecule has 0 aromatic rings. The summed E-state index contributed by atoms with van der Waals surface area (Å²) in [6, 6.07) is 0.689. The second-order valence-corrected chi connectivity index (χ2v) is 6.42. The van der Waals surface area contributed by atoms with Gasteiger partial charge in [-0.1, -0.05) is 0 Å². The van der Waals surface area contributed by atoms with Crippen LogP contribution in [0.3, 0.4) is 0 Å². The van der Waals surface area contributed by atoms with E-state index in [-0.39, 0.29) is 12.1 Å². The zero-order valence-corrected chi connectivity index (χ0v) is 12.1. The van der Waals surface area contributed by atoms with Crippen LogP contribution in [0.1, 0.15) is 39.0 Å². The van der Waals surface area contributed by atoms with Crippen molar-refractivity contribution in [1.82, 2.24) is 10.6 Å². The molecule has 6 nitrogen and oxygen atoms in total. The van der Waals surface area contributed by atoms with Crippen molar-refractivity contribution in [3.05, 3.63) is 0 Å². The van der Waals surface area contributed by atoms with Crippen molar-refractivity contribution in [2.75, 3.05) is 6.54 Å². The molecule has 6 N–H and O–H groups in total. The van der Waals surface area contributed by atoms with Crippen molar-refractivity contribution in [3.63, 3.8) is 0 Å². The highest BCUT2D eigenvalue weighted by Crippen LogP contribution is 2.21. The molecule has 6 heteroatoms. The highest BCUT2D eigenvalue weighted by Gasteiger charge is 2.32. The minimum atomic E-state index is -0.598. The van der Waals surface area contributed by atoms with E-state index in [0.717, 1.165) is 13.0 Å². The van der Waals surface area contributed by atoms with E-state index < -0.39 is 24.4 Å². The largest absolute Gasteiger partial charge is 0.390 e. The minimum Gasteiger partial charge on any atom is -0.390 e. The average molecular weight is 288 g/mol. The lowest BCUT2D eigenvalue weighted by Gasteiger charge is -2.20. The van der Waals surface area contributed by atoms with Crippen LogP contribution < -0.4 is 10.6 Å². The summed E-state index contributed by atoms with van der Waals surface area (Å²) in [4.78, 5) is 0. The van der Waals surface area contributed by atoms with Crippen molar-refractivity contribution >= 4 is 0 Å². The molecule has 0 bridgehead atoms. The predicted octanol–water partition coefficient (Wildman–Crippen LogP) is -1.29. The first-order valence-corrected chi connectivity index (χ1v) is 7.67. The number of rotatable bonds is 6. The fourth-order valence-electron chi connectivity index (χ4n) is 3.28. The van der Waals surface area contributed by atoms with E-state index in [2.05, 4.69) is 17.6 Å². The van der Waals surface area contributed by atoms with Crippen molar-refractivity contribution in [2.24, 2.45) is 0 Å². The Morgan fingerprint density at radius 1 is 0.850 bits per heavy atom. The van der Waals surface area contributed by atoms with E-state index in [1.165, 1.54) is 0 Å². The molecule has 2 aliphatic rings. The Balaban J connectivity index is 1.58. The summed E-state index contributed by atoms with van der Waals surface area (Å²) in [5.74, 6) is 0. The van der Waals surface area contributed by atoms with Crippen molar-refractivity contribution in [1.29, 1.82) is 0 Å². The lowest BCUT2D eigenvalue weighted by molar-refractivity contribution is 0.0438. The second-order valence-electron chi connectivity index (χ2n) is 6.42. The Kier molecular flexibility index (Phi) is 5.77. The molecule has 118 valence electrons. The molecule has 2 fully saturated rings. The van der Waals surface area contributed by atoms with Crippen LogP contribution in [-0.4, -0.2) is 69.5 Å². The van der Waals surface area contributed by atoms with Gasteiger partial charge in [-0.05, 0) is 45.6 Å². The minimum absolute atomic E-state index is 0.185. The second kappa shape index (κ2) is 7.15. The van der Waals surface area contributed by atoms with Gasteiger partial charge >= 0.3 is 0 Å². The van der Waals surface area contributed by atoms with Crippen LogP contribution in [0.15, 0.2) is 0 Å². The lowest BCUT2D eigenvalue weighted by atomic mass is 10.1. The summed E-state index contributed by atoms with van der Waals surface area (Å²) in [6.07, 6.45) is 1.01. The van der Waals surface area contributed by atoms with Gasteiger partial charge in [0.15, 0.2) is 0 Å². The molecular formula is C14H28N2O4. The Morgan fingerprint density at radius 3 is 1.80 bits per heavy atom. The Morgan fingerprint density at radius 2 is 1.30 bits per heavy atom. The molecule has 0 aliphatic heterocycles. The van der Waals surface area contributed by atoms with E-state index in [4.69, 9.17) is 0 Å². The molecule has 2 saturated carbocycles. The summed E-state index contributed by atoms with van der Waals surface area (Å²) < 4.78 is 0. The first-order chi connectivity index (χ1) is 9.45. The fraction of sp³-hybridized carbons (Fsp3) is 1.00. The van der Waals surface area contributed by atoms with E-state index in [1.54, 1.807) is 0 Å². The van der Waals surface area contributed by atoms with Crippen LogP contribution in [0.25, 0.3) is 0 Å². The molecule has 0 spiro atoms. The van der Waals surface area contributed by atoms with Gasteiger partial charge in [0.2, 0.25) is 0 Å². The summed E-state index contributed by atoms with van der Waals surface area (Å²) in [7, 11) is 0. The van der Waals surface area contributed by atoms with Crippen LogP contribution in [0.4, 0.5) is 0 Å². The number of hydrogen-bond donors (Lipinski definition) is 6. The normalized spacial score (nSPS) is 43.0. The standard InChI is InChI=1S/C14H28N2O4/c1-8(16-10-6-13(19)14(20)7-10)2-3-15-9-4-11(17)12(18)5-9/h8-20H,2-7H2,1H3/t8?,9?,10?,11-,12+,13-,14+. The number of aliphatic hydroxyl groups excluding tert-OH is 4. The maximum Gasteiger partial charge on any atom is 0.0814 e. The number of aliphatic hydroxyl groups is 4. The van der Waals surface area contributed by atoms with E-state index in [1.807, 2.05) is 0 Å². The molecule has 0 aromatic carbocycles. The summed E-state index contributed by atoms with van der Waals surface area (Å²) in [5, 5.41) is 44.7. The molecule has 0 radical (unpaired) electrons. The quantitative estimate of drug-likeness (QED) is 0.363. The summed E-state index contributed by atoms with van der Waals surface area (Å²) in [6.45, 7) is 2.92. The number of nitrogens with one attached hydrogen (secondary N) is 2. The highest BCUT2D eigenvalue weighted by atomic mass is 16.3. The SMILES string of the molecule is CC(CCNC1C[C@@H](O)[C@@H](O)C1)NC1C[C@@H](O)[C@@H](O)C1. The zero-order chi connectivity index (χ0) is 14.7. The maximum atomic E-state index is 9.50. The molecule has 3 unspecified atom stereocenters. The molecule has 7 atom stereocenters. The zero-order valence-electron chi connectivity index (χ0n) is 12.1. The van der Waals surface area contributed by atoms with Gasteiger partial charge in [0.1, 0.15) is 0 Å². The Hall–Kier alpha value is -0.240. The molecular weight excluding hydrogens is 260 g/mol. The van der Waals surface area contributed by atoms with Crippen LogP contribution in [0.5, 0.6) is 0 Å². The summed E-state index contributed by atoms with van der Waals surface area (Å²) >= 11 is 0. The fourth-order valence-corrected chi connectivity index (χ4v) is 3.28. The van der Waals surface area contributed by atoms with E-state index >= 15 is 0 Å². The molecule has 0 aromatic heterocycles. The first-order valence-electron chi connectivity index (χ1n) is 7.67. The van der Waals surface area contributed by atoms with Gasteiger partial charge < -0.3 is 31.1 Å². The van der Waals surface area contributed by atoms with Crippen LogP contribution in [0.2, 0.25) is 0 Å². The topological polar surface area (TPSA) is 105 Å².